The SMILES string of the molecule is O=C(COCc1nc2ccccc2s1)NCc1ccc(NC(=O)C2CC2)cc1. The number of nitrogens with zero attached hydrogens (tertiary/aromatic N) is 1. The van der Waals surface area contributed by atoms with E-state index >= 15 is 0 Å². The highest BCUT2D eigenvalue weighted by atomic mass is 32.1. The fourth-order valence-corrected chi connectivity index (χ4v) is 3.67. The Bertz CT molecular complexity index is 947. The average Bonchev–Trinajstić information content (AvgIpc) is 3.47. The molecule has 1 saturated carbocycles. The average molecular weight is 395 g/mol. The molecule has 0 unspecified atom stereocenters. The van der Waals surface area contributed by atoms with Crippen LogP contribution in [-0.2, 0) is 27.5 Å². The van der Waals surface area contributed by atoms with E-state index in [0.29, 0.717) is 13.2 Å². The maximum absolute atomic E-state index is 12.0. The maximum Gasteiger partial charge on any atom is 0.246 e. The molecule has 0 spiro atoms. The first-order chi connectivity index (χ1) is 13.7. The summed E-state index contributed by atoms with van der Waals surface area (Å²) < 4.78 is 6.59. The van der Waals surface area contributed by atoms with Crippen molar-refractivity contribution in [2.24, 2.45) is 5.92 Å². The summed E-state index contributed by atoms with van der Waals surface area (Å²) in [6.07, 6.45) is 1.97. The summed E-state index contributed by atoms with van der Waals surface area (Å²) in [5.74, 6) is 0.0975. The van der Waals surface area contributed by atoms with Crippen LogP contribution < -0.4 is 10.6 Å². The van der Waals surface area contributed by atoms with E-state index < -0.39 is 0 Å². The van der Waals surface area contributed by atoms with Crippen LogP contribution in [0.2, 0.25) is 0 Å². The van der Waals surface area contributed by atoms with Crippen LogP contribution in [-0.4, -0.2) is 23.4 Å². The van der Waals surface area contributed by atoms with Gasteiger partial charge in [0.05, 0.1) is 16.8 Å². The van der Waals surface area contributed by atoms with E-state index in [4.69, 9.17) is 4.74 Å². The molecule has 0 aliphatic heterocycles. The number of hydrogen-bond acceptors (Lipinski definition) is 5. The summed E-state index contributed by atoms with van der Waals surface area (Å²) in [5, 5.41) is 6.59. The van der Waals surface area contributed by atoms with Gasteiger partial charge in [-0.15, -0.1) is 11.3 Å². The van der Waals surface area contributed by atoms with Gasteiger partial charge in [-0.3, -0.25) is 9.59 Å². The zero-order valence-electron chi connectivity index (χ0n) is 15.3. The normalized spacial score (nSPS) is 13.4. The minimum absolute atomic E-state index is 0.00848. The van der Waals surface area contributed by atoms with E-state index in [2.05, 4.69) is 15.6 Å². The Morgan fingerprint density at radius 3 is 2.64 bits per heavy atom. The van der Waals surface area contributed by atoms with E-state index in [9.17, 15) is 9.59 Å². The largest absolute Gasteiger partial charge is 0.364 e. The standard InChI is InChI=1S/C21H21N3O3S/c25-19(12-27-13-20-24-17-3-1-2-4-18(17)28-20)22-11-14-5-9-16(10-6-14)23-21(26)15-7-8-15/h1-6,9-10,15H,7-8,11-13H2,(H,22,25)(H,23,26). The van der Waals surface area contributed by atoms with Crippen molar-refractivity contribution >= 4 is 39.1 Å². The van der Waals surface area contributed by atoms with E-state index in [1.54, 1.807) is 11.3 Å². The third-order valence-corrected chi connectivity index (χ3v) is 5.47. The minimum atomic E-state index is -0.174. The van der Waals surface area contributed by atoms with Crippen LogP contribution in [0.4, 0.5) is 5.69 Å². The summed E-state index contributed by atoms with van der Waals surface area (Å²) in [7, 11) is 0. The number of carbonyl (C=O) groups excluding carboxylic acids is 2. The first-order valence-corrected chi connectivity index (χ1v) is 10.1. The maximum atomic E-state index is 12.0. The number of aromatic nitrogens is 1. The van der Waals surface area contributed by atoms with Gasteiger partial charge in [0.15, 0.2) is 0 Å². The lowest BCUT2D eigenvalue weighted by Crippen LogP contribution is -2.27. The second kappa shape index (κ2) is 8.50. The molecule has 7 heteroatoms. The van der Waals surface area contributed by atoms with Crippen LogP contribution in [0.15, 0.2) is 48.5 Å². The molecule has 1 aliphatic rings. The molecule has 4 rings (SSSR count). The topological polar surface area (TPSA) is 80.3 Å². The third-order valence-electron chi connectivity index (χ3n) is 4.46. The molecule has 144 valence electrons. The van der Waals surface area contributed by atoms with E-state index in [0.717, 1.165) is 39.3 Å². The number of amides is 2. The van der Waals surface area contributed by atoms with Gasteiger partial charge in [0.25, 0.3) is 0 Å². The molecule has 2 aromatic carbocycles. The van der Waals surface area contributed by atoms with Gasteiger partial charge in [-0.1, -0.05) is 24.3 Å². The van der Waals surface area contributed by atoms with Gasteiger partial charge in [-0.25, -0.2) is 4.98 Å². The second-order valence-electron chi connectivity index (χ2n) is 6.81. The summed E-state index contributed by atoms with van der Waals surface area (Å²) in [5.41, 5.74) is 2.70. The number of carbonyl (C=O) groups is 2. The molecule has 0 radical (unpaired) electrons. The van der Waals surface area contributed by atoms with Crippen molar-refractivity contribution in [1.29, 1.82) is 0 Å². The van der Waals surface area contributed by atoms with Crippen molar-refractivity contribution in [3.05, 3.63) is 59.1 Å². The van der Waals surface area contributed by atoms with E-state index in [1.807, 2.05) is 48.5 Å². The Hall–Kier alpha value is -2.77. The Morgan fingerprint density at radius 1 is 1.11 bits per heavy atom. The van der Waals surface area contributed by atoms with E-state index in [1.165, 1.54) is 0 Å². The molecule has 1 aliphatic carbocycles. The quantitative estimate of drug-likeness (QED) is 0.612. The molecule has 3 aromatic rings. The highest BCUT2D eigenvalue weighted by Gasteiger charge is 2.29. The number of para-hydroxylation sites is 1. The zero-order chi connectivity index (χ0) is 19.3. The number of hydrogen-bond donors (Lipinski definition) is 2. The third kappa shape index (κ3) is 4.94. The van der Waals surface area contributed by atoms with Crippen molar-refractivity contribution in [3.63, 3.8) is 0 Å². The summed E-state index contributed by atoms with van der Waals surface area (Å²) >= 11 is 1.57. The molecule has 1 aromatic heterocycles. The van der Waals surface area contributed by atoms with Gasteiger partial charge in [0.1, 0.15) is 11.6 Å². The second-order valence-corrected chi connectivity index (χ2v) is 7.92. The van der Waals surface area contributed by atoms with Crippen molar-refractivity contribution < 1.29 is 14.3 Å². The number of ether oxygens (including phenoxy) is 1. The van der Waals surface area contributed by atoms with Crippen LogP contribution in [0.1, 0.15) is 23.4 Å². The predicted molar refractivity (Wildman–Crippen MR) is 109 cm³/mol. The van der Waals surface area contributed by atoms with Gasteiger partial charge in [0.2, 0.25) is 11.8 Å². The molecular formula is C21H21N3O3S. The molecule has 2 N–H and O–H groups in total. The van der Waals surface area contributed by atoms with Gasteiger partial charge < -0.3 is 15.4 Å². The molecule has 28 heavy (non-hydrogen) atoms. The molecule has 2 amide bonds. The van der Waals surface area contributed by atoms with Gasteiger partial charge in [-0.2, -0.15) is 0 Å². The minimum Gasteiger partial charge on any atom is -0.364 e. The van der Waals surface area contributed by atoms with Crippen molar-refractivity contribution in [2.45, 2.75) is 26.0 Å². The molecular weight excluding hydrogens is 374 g/mol. The first-order valence-electron chi connectivity index (χ1n) is 9.26. The lowest BCUT2D eigenvalue weighted by atomic mass is 10.2. The van der Waals surface area contributed by atoms with Crippen molar-refractivity contribution in [2.75, 3.05) is 11.9 Å². The van der Waals surface area contributed by atoms with E-state index in [-0.39, 0.29) is 24.3 Å². The number of nitrogens with one attached hydrogen (secondary N) is 2. The molecule has 6 nitrogen and oxygen atoms in total. The van der Waals surface area contributed by atoms with Gasteiger partial charge in [0, 0.05) is 18.2 Å². The monoisotopic (exact) mass is 395 g/mol. The van der Waals surface area contributed by atoms with Gasteiger partial charge >= 0.3 is 0 Å². The Labute approximate surface area is 166 Å². The molecule has 0 bridgehead atoms. The summed E-state index contributed by atoms with van der Waals surface area (Å²) in [6.45, 7) is 0.730. The fourth-order valence-electron chi connectivity index (χ4n) is 2.76. The highest BCUT2D eigenvalue weighted by Crippen LogP contribution is 2.30. The van der Waals surface area contributed by atoms with Crippen molar-refractivity contribution in [3.8, 4) is 0 Å². The lowest BCUT2D eigenvalue weighted by molar-refractivity contribution is -0.126. The Kier molecular flexibility index (Phi) is 5.64. The van der Waals surface area contributed by atoms with Crippen LogP contribution >= 0.6 is 11.3 Å². The fraction of sp³-hybridized carbons (Fsp3) is 0.286. The summed E-state index contributed by atoms with van der Waals surface area (Å²) in [6, 6.07) is 15.4. The summed E-state index contributed by atoms with van der Waals surface area (Å²) in [4.78, 5) is 28.2. The number of thiazole rings is 1. The lowest BCUT2D eigenvalue weighted by Gasteiger charge is -2.08. The number of fused-ring (bicyclic) bond motifs is 1. The van der Waals surface area contributed by atoms with Crippen LogP contribution in [0.5, 0.6) is 0 Å². The first kappa shape index (κ1) is 18.6. The van der Waals surface area contributed by atoms with Crippen LogP contribution in [0.25, 0.3) is 10.2 Å². The highest BCUT2D eigenvalue weighted by molar-refractivity contribution is 7.18. The molecule has 1 fully saturated rings. The van der Waals surface area contributed by atoms with Crippen LogP contribution in [0.3, 0.4) is 0 Å². The number of benzene rings is 2. The molecule has 0 saturated heterocycles. The van der Waals surface area contributed by atoms with Crippen molar-refractivity contribution in [1.82, 2.24) is 10.3 Å². The predicted octanol–water partition coefficient (Wildman–Crippen LogP) is 3.48. The van der Waals surface area contributed by atoms with Crippen LogP contribution in [0, 0.1) is 5.92 Å². The van der Waals surface area contributed by atoms with Gasteiger partial charge in [-0.05, 0) is 42.7 Å². The Morgan fingerprint density at radius 2 is 1.89 bits per heavy atom. The number of rotatable bonds is 8. The Balaban J connectivity index is 1.18. The molecule has 0 atom stereocenters. The molecule has 1 heterocycles. The zero-order valence-corrected chi connectivity index (χ0v) is 16.1. The smallest absolute Gasteiger partial charge is 0.246 e. The number of anilines is 1.